The van der Waals surface area contributed by atoms with Crippen molar-refractivity contribution in [1.82, 2.24) is 10.3 Å². The average Bonchev–Trinajstić information content (AvgIpc) is 2.65. The van der Waals surface area contributed by atoms with Crippen molar-refractivity contribution in [1.29, 1.82) is 5.26 Å². The third-order valence-electron chi connectivity index (χ3n) is 1.56. The van der Waals surface area contributed by atoms with E-state index in [1.807, 2.05) is 5.38 Å². The Morgan fingerprint density at radius 3 is 3.15 bits per heavy atom. The number of rotatable bonds is 5. The summed E-state index contributed by atoms with van der Waals surface area (Å²) in [5.74, 6) is 0. The third kappa shape index (κ3) is 3.11. The molecule has 0 aliphatic heterocycles. The molecule has 5 heteroatoms. The molecule has 1 unspecified atom stereocenters. The Bertz CT molecular complexity index is 267. The van der Waals surface area contributed by atoms with E-state index < -0.39 is 0 Å². The molecule has 1 atom stereocenters. The number of nitriles is 1. The molecule has 70 valence electrons. The minimum atomic E-state index is -0.349. The third-order valence-corrected chi connectivity index (χ3v) is 2.16. The van der Waals surface area contributed by atoms with Crippen LogP contribution in [0.5, 0.6) is 0 Å². The lowest BCUT2D eigenvalue weighted by Crippen LogP contribution is -2.22. The molecule has 1 rings (SSSR count). The van der Waals surface area contributed by atoms with Gasteiger partial charge in [-0.25, -0.2) is 4.98 Å². The number of aliphatic hydroxyl groups excluding tert-OH is 1. The highest BCUT2D eigenvalue weighted by Crippen LogP contribution is 2.11. The highest BCUT2D eigenvalue weighted by molar-refractivity contribution is 7.07. The Morgan fingerprint density at radius 1 is 1.77 bits per heavy atom. The van der Waals surface area contributed by atoms with Gasteiger partial charge in [-0.05, 0) is 13.0 Å². The van der Waals surface area contributed by atoms with Crippen LogP contribution in [0.25, 0.3) is 0 Å². The van der Waals surface area contributed by atoms with Crippen LogP contribution in [-0.4, -0.2) is 23.2 Å². The van der Waals surface area contributed by atoms with E-state index in [-0.39, 0.29) is 12.6 Å². The van der Waals surface area contributed by atoms with Crippen molar-refractivity contribution in [2.75, 3.05) is 13.2 Å². The Balaban J connectivity index is 2.41. The van der Waals surface area contributed by atoms with Gasteiger partial charge < -0.3 is 5.11 Å². The molecule has 0 aliphatic rings. The predicted octanol–water partition coefficient (Wildman–Crippen LogP) is 0.680. The summed E-state index contributed by atoms with van der Waals surface area (Å²) < 4.78 is 0. The van der Waals surface area contributed by atoms with Crippen LogP contribution in [0, 0.1) is 11.3 Å². The molecule has 0 bridgehead atoms. The lowest BCUT2D eigenvalue weighted by Gasteiger charge is -2.07. The van der Waals surface area contributed by atoms with E-state index in [0.717, 1.165) is 5.69 Å². The van der Waals surface area contributed by atoms with E-state index in [9.17, 15) is 0 Å². The van der Waals surface area contributed by atoms with Gasteiger partial charge in [0.2, 0.25) is 0 Å². The second kappa shape index (κ2) is 5.65. The van der Waals surface area contributed by atoms with Crippen LogP contribution in [-0.2, 0) is 0 Å². The molecule has 0 aromatic carbocycles. The van der Waals surface area contributed by atoms with Crippen molar-refractivity contribution in [3.8, 4) is 6.07 Å². The van der Waals surface area contributed by atoms with Crippen LogP contribution in [0.2, 0.25) is 0 Å². The van der Waals surface area contributed by atoms with Crippen molar-refractivity contribution >= 4 is 11.3 Å². The minimum absolute atomic E-state index is 0.141. The average molecular weight is 197 g/mol. The first-order valence-corrected chi connectivity index (χ1v) is 4.94. The van der Waals surface area contributed by atoms with E-state index >= 15 is 0 Å². The van der Waals surface area contributed by atoms with Crippen molar-refractivity contribution in [3.05, 3.63) is 16.6 Å². The van der Waals surface area contributed by atoms with Crippen molar-refractivity contribution in [2.45, 2.75) is 12.5 Å². The Morgan fingerprint density at radius 2 is 2.62 bits per heavy atom. The van der Waals surface area contributed by atoms with Gasteiger partial charge in [0, 0.05) is 12.0 Å². The summed E-state index contributed by atoms with van der Waals surface area (Å²) >= 11 is 1.47. The van der Waals surface area contributed by atoms with E-state index in [1.54, 1.807) is 5.51 Å². The number of aliphatic hydroxyl groups is 1. The molecule has 4 nitrogen and oxygen atoms in total. The second-order valence-electron chi connectivity index (χ2n) is 2.51. The molecule has 1 heterocycles. The summed E-state index contributed by atoms with van der Waals surface area (Å²) in [6.45, 7) is 0.772. The first kappa shape index (κ1) is 10.1. The molecule has 0 spiro atoms. The molecule has 0 amide bonds. The number of hydrogen-bond donors (Lipinski definition) is 2. The van der Waals surface area contributed by atoms with Gasteiger partial charge in [0.25, 0.3) is 0 Å². The van der Waals surface area contributed by atoms with Crippen molar-refractivity contribution < 1.29 is 5.11 Å². The summed E-state index contributed by atoms with van der Waals surface area (Å²) in [4.78, 5) is 4.04. The molecule has 0 fully saturated rings. The first-order chi connectivity index (χ1) is 6.38. The van der Waals surface area contributed by atoms with Gasteiger partial charge in [0.05, 0.1) is 17.3 Å². The fourth-order valence-corrected chi connectivity index (χ4v) is 1.49. The van der Waals surface area contributed by atoms with Gasteiger partial charge in [-0.2, -0.15) is 5.26 Å². The molecule has 0 saturated carbocycles. The smallest absolute Gasteiger partial charge is 0.139 e. The van der Waals surface area contributed by atoms with Gasteiger partial charge in [0.15, 0.2) is 0 Å². The standard InChI is InChI=1S/C8H11N3OS/c9-4-7(10-2-1-3-12)8-5-13-6-11-8/h5-7,10,12H,1-3H2. The van der Waals surface area contributed by atoms with E-state index in [4.69, 9.17) is 10.4 Å². The van der Waals surface area contributed by atoms with E-state index in [2.05, 4.69) is 16.4 Å². The zero-order valence-electron chi connectivity index (χ0n) is 7.10. The quantitative estimate of drug-likeness (QED) is 0.681. The Labute approximate surface area is 80.9 Å². The monoisotopic (exact) mass is 197 g/mol. The van der Waals surface area contributed by atoms with Crippen LogP contribution in [0.3, 0.4) is 0 Å². The first-order valence-electron chi connectivity index (χ1n) is 4.00. The fourth-order valence-electron chi connectivity index (χ4n) is 0.906. The predicted molar refractivity (Wildman–Crippen MR) is 50.2 cm³/mol. The number of thiazole rings is 1. The molecule has 0 radical (unpaired) electrons. The maximum absolute atomic E-state index is 8.79. The van der Waals surface area contributed by atoms with Crippen molar-refractivity contribution in [3.63, 3.8) is 0 Å². The van der Waals surface area contributed by atoms with Crippen LogP contribution in [0.15, 0.2) is 10.9 Å². The number of hydrogen-bond acceptors (Lipinski definition) is 5. The number of nitrogens with one attached hydrogen (secondary N) is 1. The van der Waals surface area contributed by atoms with Gasteiger partial charge in [-0.1, -0.05) is 0 Å². The molecular weight excluding hydrogens is 186 g/mol. The van der Waals surface area contributed by atoms with Crippen LogP contribution >= 0.6 is 11.3 Å². The van der Waals surface area contributed by atoms with Crippen LogP contribution in [0.1, 0.15) is 18.2 Å². The summed E-state index contributed by atoms with van der Waals surface area (Å²) in [5.41, 5.74) is 2.46. The SMILES string of the molecule is N#CC(NCCCO)c1cscn1. The zero-order chi connectivity index (χ0) is 9.52. The molecule has 13 heavy (non-hydrogen) atoms. The van der Waals surface area contributed by atoms with Gasteiger partial charge in [-0.3, -0.25) is 5.32 Å². The summed E-state index contributed by atoms with van der Waals surface area (Å²) in [5, 5.41) is 22.2. The van der Waals surface area contributed by atoms with E-state index in [0.29, 0.717) is 13.0 Å². The van der Waals surface area contributed by atoms with Crippen molar-refractivity contribution in [2.24, 2.45) is 0 Å². The Kier molecular flexibility index (Phi) is 4.40. The van der Waals surface area contributed by atoms with Gasteiger partial charge in [-0.15, -0.1) is 11.3 Å². The summed E-state index contributed by atoms with van der Waals surface area (Å²) in [6, 6.07) is 1.77. The molecule has 0 aliphatic carbocycles. The summed E-state index contributed by atoms with van der Waals surface area (Å²) in [7, 11) is 0. The lowest BCUT2D eigenvalue weighted by atomic mass is 10.2. The maximum atomic E-state index is 8.79. The second-order valence-corrected chi connectivity index (χ2v) is 3.23. The number of aromatic nitrogens is 1. The molecule has 0 saturated heterocycles. The largest absolute Gasteiger partial charge is 0.396 e. The van der Waals surface area contributed by atoms with E-state index in [1.165, 1.54) is 11.3 Å². The lowest BCUT2D eigenvalue weighted by molar-refractivity contribution is 0.285. The Hall–Kier alpha value is -0.960. The highest BCUT2D eigenvalue weighted by atomic mass is 32.1. The molecule has 1 aromatic rings. The molecule has 1 aromatic heterocycles. The maximum Gasteiger partial charge on any atom is 0.139 e. The topological polar surface area (TPSA) is 68.9 Å². The molecule has 2 N–H and O–H groups in total. The van der Waals surface area contributed by atoms with Crippen LogP contribution < -0.4 is 5.32 Å². The normalized spacial score (nSPS) is 12.3. The summed E-state index contributed by atoms with van der Waals surface area (Å²) in [6.07, 6.45) is 0.655. The zero-order valence-corrected chi connectivity index (χ0v) is 7.92. The van der Waals surface area contributed by atoms with Crippen LogP contribution in [0.4, 0.5) is 0 Å². The number of nitrogens with zero attached hydrogens (tertiary/aromatic N) is 2. The fraction of sp³-hybridized carbons (Fsp3) is 0.500. The highest BCUT2D eigenvalue weighted by Gasteiger charge is 2.10. The van der Waals surface area contributed by atoms with Gasteiger partial charge >= 0.3 is 0 Å². The van der Waals surface area contributed by atoms with Gasteiger partial charge in [0.1, 0.15) is 6.04 Å². The minimum Gasteiger partial charge on any atom is -0.396 e. The molecular formula is C8H11N3OS.